The summed E-state index contributed by atoms with van der Waals surface area (Å²) >= 11 is 4.35. The molecule has 0 saturated heterocycles. The fraction of sp³-hybridized carbons (Fsp3) is 0.222. The number of rotatable bonds is 5. The molecule has 1 aromatic heterocycles. The first kappa shape index (κ1) is 13.7. The van der Waals surface area contributed by atoms with E-state index >= 15 is 0 Å². The molecule has 0 aliphatic carbocycles. The van der Waals surface area contributed by atoms with Crippen LogP contribution in [0.15, 0.2) is 15.9 Å². The van der Waals surface area contributed by atoms with Crippen LogP contribution in [0.5, 0.6) is 0 Å². The van der Waals surface area contributed by atoms with Gasteiger partial charge in [0.1, 0.15) is 13.1 Å². The lowest BCUT2D eigenvalue weighted by Crippen LogP contribution is -2.41. The first-order chi connectivity index (χ1) is 7.90. The van der Waals surface area contributed by atoms with Crippen LogP contribution in [-0.4, -0.2) is 40.9 Å². The van der Waals surface area contributed by atoms with Crippen molar-refractivity contribution in [3.63, 3.8) is 0 Å². The van der Waals surface area contributed by atoms with E-state index < -0.39 is 30.9 Å². The predicted molar refractivity (Wildman–Crippen MR) is 64.8 cm³/mol. The highest BCUT2D eigenvalue weighted by Crippen LogP contribution is 2.23. The fourth-order valence-corrected chi connectivity index (χ4v) is 2.49. The third-order valence-corrected chi connectivity index (χ3v) is 3.36. The molecule has 6 nitrogen and oxygen atoms in total. The van der Waals surface area contributed by atoms with Crippen molar-refractivity contribution >= 4 is 45.1 Å². The largest absolute Gasteiger partial charge is 0.480 e. The minimum Gasteiger partial charge on any atom is -0.480 e. The number of nitrogens with two attached hydrogens (primary N) is 1. The van der Waals surface area contributed by atoms with E-state index in [-0.39, 0.29) is 0 Å². The lowest BCUT2D eigenvalue weighted by Gasteiger charge is -2.17. The summed E-state index contributed by atoms with van der Waals surface area (Å²) in [4.78, 5) is 34.5. The maximum absolute atomic E-state index is 11.9. The van der Waals surface area contributed by atoms with Gasteiger partial charge in [0.05, 0.1) is 8.66 Å². The number of amides is 2. The number of thiophene rings is 1. The molecule has 8 heteroatoms. The molecule has 0 spiro atoms. The molecule has 0 bridgehead atoms. The van der Waals surface area contributed by atoms with Crippen LogP contribution in [0.25, 0.3) is 0 Å². The molecule has 0 saturated carbocycles. The number of carbonyl (C=O) groups is 3. The minimum absolute atomic E-state index is 0.347. The number of nitrogens with zero attached hydrogens (tertiary/aromatic N) is 1. The second-order valence-corrected chi connectivity index (χ2v) is 5.59. The molecule has 0 radical (unpaired) electrons. The smallest absolute Gasteiger partial charge is 0.323 e. The Morgan fingerprint density at radius 1 is 1.35 bits per heavy atom. The van der Waals surface area contributed by atoms with Crippen LogP contribution in [0, 0.1) is 0 Å². The van der Waals surface area contributed by atoms with Gasteiger partial charge in [0, 0.05) is 0 Å². The highest BCUT2D eigenvalue weighted by Gasteiger charge is 2.21. The van der Waals surface area contributed by atoms with Gasteiger partial charge in [-0.3, -0.25) is 14.4 Å². The third kappa shape index (κ3) is 4.16. The Kier molecular flexibility index (Phi) is 4.64. The third-order valence-electron chi connectivity index (χ3n) is 1.74. The molecule has 3 N–H and O–H groups in total. The van der Waals surface area contributed by atoms with Gasteiger partial charge in [-0.2, -0.15) is 0 Å². The van der Waals surface area contributed by atoms with Gasteiger partial charge in [0.2, 0.25) is 5.91 Å². The van der Waals surface area contributed by atoms with Crippen LogP contribution in [0.2, 0.25) is 0 Å². The van der Waals surface area contributed by atoms with Crippen molar-refractivity contribution in [3.8, 4) is 0 Å². The maximum Gasteiger partial charge on any atom is 0.323 e. The van der Waals surface area contributed by atoms with E-state index in [1.54, 1.807) is 12.1 Å². The predicted octanol–water partition coefficient (Wildman–Crippen LogP) is 0.523. The molecular formula is C9H9BrN2O4S. The van der Waals surface area contributed by atoms with E-state index in [4.69, 9.17) is 10.8 Å². The molecule has 1 aromatic rings. The Bertz CT molecular complexity index is 444. The molecule has 17 heavy (non-hydrogen) atoms. The molecule has 2 amide bonds. The lowest BCUT2D eigenvalue weighted by atomic mass is 10.3. The van der Waals surface area contributed by atoms with Crippen molar-refractivity contribution in [1.82, 2.24) is 4.90 Å². The number of primary amides is 1. The number of carbonyl (C=O) groups excluding carboxylic acids is 2. The second-order valence-electron chi connectivity index (χ2n) is 3.13. The summed E-state index contributed by atoms with van der Waals surface area (Å²) in [7, 11) is 0. The summed E-state index contributed by atoms with van der Waals surface area (Å²) < 4.78 is 0.746. The standard InChI is InChI=1S/C9H9BrN2O4S/c10-6-2-1-5(17-6)9(16)12(3-7(11)13)4-8(14)15/h1-2H,3-4H2,(H2,11,13)(H,14,15). The first-order valence-electron chi connectivity index (χ1n) is 4.45. The molecule has 0 fully saturated rings. The van der Waals surface area contributed by atoms with Gasteiger partial charge in [-0.1, -0.05) is 0 Å². The summed E-state index contributed by atoms with van der Waals surface area (Å²) in [6.07, 6.45) is 0. The molecule has 92 valence electrons. The number of halogens is 1. The van der Waals surface area contributed by atoms with Gasteiger partial charge in [0.25, 0.3) is 5.91 Å². The Morgan fingerprint density at radius 2 is 2.00 bits per heavy atom. The Morgan fingerprint density at radius 3 is 2.41 bits per heavy atom. The van der Waals surface area contributed by atoms with Crippen LogP contribution in [-0.2, 0) is 9.59 Å². The van der Waals surface area contributed by atoms with Gasteiger partial charge in [-0.15, -0.1) is 11.3 Å². The van der Waals surface area contributed by atoms with Crippen LogP contribution in [0.4, 0.5) is 0 Å². The van der Waals surface area contributed by atoms with Crippen molar-refractivity contribution in [1.29, 1.82) is 0 Å². The lowest BCUT2D eigenvalue weighted by molar-refractivity contribution is -0.138. The molecular weight excluding hydrogens is 312 g/mol. The number of hydrogen-bond acceptors (Lipinski definition) is 4. The zero-order valence-corrected chi connectivity index (χ0v) is 11.0. The summed E-state index contributed by atoms with van der Waals surface area (Å²) in [6.45, 7) is -0.974. The van der Waals surface area contributed by atoms with Gasteiger partial charge >= 0.3 is 5.97 Å². The van der Waals surface area contributed by atoms with Gasteiger partial charge in [-0.05, 0) is 28.1 Å². The zero-order valence-electron chi connectivity index (χ0n) is 8.55. The molecule has 1 heterocycles. The average Bonchev–Trinajstić information content (AvgIpc) is 2.61. The molecule has 0 aromatic carbocycles. The monoisotopic (exact) mass is 320 g/mol. The molecule has 0 aliphatic rings. The van der Waals surface area contributed by atoms with Crippen LogP contribution in [0.1, 0.15) is 9.67 Å². The van der Waals surface area contributed by atoms with E-state index in [9.17, 15) is 14.4 Å². The van der Waals surface area contributed by atoms with Gasteiger partial charge in [-0.25, -0.2) is 0 Å². The summed E-state index contributed by atoms with van der Waals surface area (Å²) in [5.74, 6) is -2.48. The van der Waals surface area contributed by atoms with Crippen molar-refractivity contribution in [2.24, 2.45) is 5.73 Å². The van der Waals surface area contributed by atoms with Crippen molar-refractivity contribution in [2.75, 3.05) is 13.1 Å². The number of hydrogen-bond donors (Lipinski definition) is 2. The highest BCUT2D eigenvalue weighted by molar-refractivity contribution is 9.11. The number of carboxylic acid groups (broad SMARTS) is 1. The van der Waals surface area contributed by atoms with E-state index in [1.807, 2.05) is 0 Å². The first-order valence-corrected chi connectivity index (χ1v) is 6.06. The van der Waals surface area contributed by atoms with Crippen LogP contribution >= 0.6 is 27.3 Å². The molecule has 1 rings (SSSR count). The van der Waals surface area contributed by atoms with E-state index in [0.29, 0.717) is 4.88 Å². The van der Waals surface area contributed by atoms with Gasteiger partial charge in [0.15, 0.2) is 0 Å². The minimum atomic E-state index is -1.20. The van der Waals surface area contributed by atoms with Crippen LogP contribution in [0.3, 0.4) is 0 Å². The van der Waals surface area contributed by atoms with Crippen molar-refractivity contribution < 1.29 is 19.5 Å². The topological polar surface area (TPSA) is 101 Å². The Hall–Kier alpha value is -1.41. The molecule has 0 atom stereocenters. The maximum atomic E-state index is 11.9. The van der Waals surface area contributed by atoms with Crippen LogP contribution < -0.4 is 5.73 Å². The molecule has 0 unspecified atom stereocenters. The Balaban J connectivity index is 2.85. The number of carboxylic acids is 1. The zero-order chi connectivity index (χ0) is 13.0. The Labute approximate surface area is 109 Å². The summed E-state index contributed by atoms with van der Waals surface area (Å²) in [5, 5.41) is 8.65. The van der Waals surface area contributed by atoms with E-state index in [1.165, 1.54) is 0 Å². The average molecular weight is 321 g/mol. The highest BCUT2D eigenvalue weighted by atomic mass is 79.9. The summed E-state index contributed by atoms with van der Waals surface area (Å²) in [5.41, 5.74) is 4.96. The SMILES string of the molecule is NC(=O)CN(CC(=O)O)C(=O)c1ccc(Br)s1. The normalized spacial score (nSPS) is 9.94. The molecule has 0 aliphatic heterocycles. The quantitative estimate of drug-likeness (QED) is 0.826. The van der Waals surface area contributed by atoms with E-state index in [2.05, 4.69) is 15.9 Å². The van der Waals surface area contributed by atoms with Crippen molar-refractivity contribution in [2.45, 2.75) is 0 Å². The number of aliphatic carboxylic acids is 1. The van der Waals surface area contributed by atoms with Gasteiger partial charge < -0.3 is 15.7 Å². The van der Waals surface area contributed by atoms with E-state index in [0.717, 1.165) is 20.0 Å². The second kappa shape index (κ2) is 5.78. The van der Waals surface area contributed by atoms with Crippen molar-refractivity contribution in [3.05, 3.63) is 20.8 Å². The fourth-order valence-electron chi connectivity index (χ4n) is 1.14. The summed E-state index contributed by atoms with van der Waals surface area (Å²) in [6, 6.07) is 3.22.